The Morgan fingerprint density at radius 2 is 2.00 bits per heavy atom. The number of ether oxygens (including phenoxy) is 1. The van der Waals surface area contributed by atoms with Crippen LogP contribution >= 0.6 is 22.9 Å². The highest BCUT2D eigenvalue weighted by molar-refractivity contribution is 7.93. The molecule has 0 unspecified atom stereocenters. The van der Waals surface area contributed by atoms with Gasteiger partial charge in [0.05, 0.1) is 9.92 Å². The summed E-state index contributed by atoms with van der Waals surface area (Å²) < 4.78 is 68.5. The molecule has 0 radical (unpaired) electrons. The summed E-state index contributed by atoms with van der Waals surface area (Å²) in [4.78, 5) is 14.4. The molecule has 0 saturated carbocycles. The van der Waals surface area contributed by atoms with Gasteiger partial charge in [-0.1, -0.05) is 29.0 Å². The first kappa shape index (κ1) is 23.3. The van der Waals surface area contributed by atoms with Crippen LogP contribution in [0.1, 0.15) is 21.5 Å². The molecular weight excluding hydrogens is 505 g/mol. The van der Waals surface area contributed by atoms with Crippen molar-refractivity contribution in [2.75, 3.05) is 11.3 Å². The standard InChI is InChI=1S/C19H14ClF3N4O4S2/c20-15-7-11(1-4-16(15)31-19(21,22)23)9-27-6-5-12-8-13(2-3-14(12)17(27)28)33(29,30)26-18-25-24-10-32-18/h1-4,7-8,10H,5-6,9H2,(H,25,26). The molecule has 0 atom stereocenters. The van der Waals surface area contributed by atoms with Crippen molar-refractivity contribution in [3.05, 3.63) is 63.6 Å². The van der Waals surface area contributed by atoms with Crippen molar-refractivity contribution in [1.82, 2.24) is 15.1 Å². The number of alkyl halides is 3. The third kappa shape index (κ3) is 5.37. The number of nitrogens with one attached hydrogen (secondary N) is 1. The zero-order valence-corrected chi connectivity index (χ0v) is 18.9. The lowest BCUT2D eigenvalue weighted by Crippen LogP contribution is -2.37. The molecule has 14 heteroatoms. The summed E-state index contributed by atoms with van der Waals surface area (Å²) in [6, 6.07) is 7.99. The van der Waals surface area contributed by atoms with Crippen molar-refractivity contribution in [3.8, 4) is 5.75 Å². The van der Waals surface area contributed by atoms with Crippen LogP contribution in [-0.4, -0.2) is 42.3 Å². The van der Waals surface area contributed by atoms with Gasteiger partial charge < -0.3 is 9.64 Å². The highest BCUT2D eigenvalue weighted by Crippen LogP contribution is 2.32. The number of amides is 1. The SMILES string of the molecule is O=C1c2ccc(S(=O)(=O)Nc3nncs3)cc2CCN1Cc1ccc(OC(F)(F)F)c(Cl)c1. The molecule has 0 saturated heterocycles. The molecule has 1 N–H and O–H groups in total. The van der Waals surface area contributed by atoms with Crippen LogP contribution in [0, 0.1) is 0 Å². The molecule has 1 amide bonds. The quantitative estimate of drug-likeness (QED) is 0.527. The topological polar surface area (TPSA) is 101 Å². The molecule has 8 nitrogen and oxygen atoms in total. The minimum Gasteiger partial charge on any atom is -0.404 e. The van der Waals surface area contributed by atoms with Gasteiger partial charge in [0.15, 0.2) is 0 Å². The molecule has 33 heavy (non-hydrogen) atoms. The van der Waals surface area contributed by atoms with Crippen LogP contribution in [-0.2, 0) is 23.0 Å². The van der Waals surface area contributed by atoms with Gasteiger partial charge >= 0.3 is 6.36 Å². The van der Waals surface area contributed by atoms with Crippen molar-refractivity contribution in [1.29, 1.82) is 0 Å². The lowest BCUT2D eigenvalue weighted by atomic mass is 9.98. The monoisotopic (exact) mass is 518 g/mol. The summed E-state index contributed by atoms with van der Waals surface area (Å²) in [6.07, 6.45) is -4.47. The van der Waals surface area contributed by atoms with Crippen LogP contribution in [0.25, 0.3) is 0 Å². The van der Waals surface area contributed by atoms with Gasteiger partial charge in [-0.25, -0.2) is 8.42 Å². The first-order chi connectivity index (χ1) is 15.5. The number of sulfonamides is 1. The number of anilines is 1. The number of rotatable bonds is 6. The van der Waals surface area contributed by atoms with Gasteiger partial charge in [-0.05, 0) is 47.9 Å². The Balaban J connectivity index is 1.49. The molecular formula is C19H14ClF3N4O4S2. The van der Waals surface area contributed by atoms with Crippen LogP contribution < -0.4 is 9.46 Å². The predicted molar refractivity (Wildman–Crippen MR) is 114 cm³/mol. The lowest BCUT2D eigenvalue weighted by Gasteiger charge is -2.29. The fraction of sp³-hybridized carbons (Fsp3) is 0.211. The van der Waals surface area contributed by atoms with E-state index in [1.165, 1.54) is 40.7 Å². The van der Waals surface area contributed by atoms with Crippen molar-refractivity contribution in [3.63, 3.8) is 0 Å². The van der Waals surface area contributed by atoms with E-state index in [-0.39, 0.29) is 34.0 Å². The van der Waals surface area contributed by atoms with E-state index >= 15 is 0 Å². The number of hydrogen-bond donors (Lipinski definition) is 1. The summed E-state index contributed by atoms with van der Waals surface area (Å²) in [7, 11) is -3.89. The van der Waals surface area contributed by atoms with Gasteiger partial charge in [-0.3, -0.25) is 9.52 Å². The summed E-state index contributed by atoms with van der Waals surface area (Å²) in [6.45, 7) is 0.403. The van der Waals surface area contributed by atoms with Crippen LogP contribution in [0.5, 0.6) is 5.75 Å². The Morgan fingerprint density at radius 3 is 2.67 bits per heavy atom. The largest absolute Gasteiger partial charge is 0.573 e. The summed E-state index contributed by atoms with van der Waals surface area (Å²) in [5.74, 6) is -0.858. The highest BCUT2D eigenvalue weighted by Gasteiger charge is 2.32. The van der Waals surface area contributed by atoms with Gasteiger partial charge in [0.25, 0.3) is 15.9 Å². The minimum absolute atomic E-state index is 0.00950. The van der Waals surface area contributed by atoms with Gasteiger partial charge in [-0.2, -0.15) is 0 Å². The molecule has 0 spiro atoms. The maximum absolute atomic E-state index is 12.9. The lowest BCUT2D eigenvalue weighted by molar-refractivity contribution is -0.274. The van der Waals surface area contributed by atoms with E-state index in [1.54, 1.807) is 0 Å². The Morgan fingerprint density at radius 1 is 1.21 bits per heavy atom. The molecule has 2 aromatic carbocycles. The maximum atomic E-state index is 12.9. The molecule has 174 valence electrons. The first-order valence-electron chi connectivity index (χ1n) is 9.27. The Kier molecular flexibility index (Phi) is 6.20. The number of nitrogens with zero attached hydrogens (tertiary/aromatic N) is 3. The van der Waals surface area contributed by atoms with Gasteiger partial charge in [0.2, 0.25) is 5.13 Å². The molecule has 1 aliphatic heterocycles. The second-order valence-electron chi connectivity index (χ2n) is 6.96. The molecule has 3 aromatic rings. The number of benzene rings is 2. The molecule has 0 fully saturated rings. The summed E-state index contributed by atoms with van der Waals surface area (Å²) >= 11 is 6.92. The van der Waals surface area contributed by atoms with E-state index in [2.05, 4.69) is 19.7 Å². The predicted octanol–water partition coefficient (Wildman–Crippen LogP) is 4.09. The summed E-state index contributed by atoms with van der Waals surface area (Å²) in [5, 5.41) is 7.12. The normalized spacial score (nSPS) is 14.2. The molecule has 1 aliphatic rings. The fourth-order valence-corrected chi connectivity index (χ4v) is 5.28. The number of fused-ring (bicyclic) bond motifs is 1. The smallest absolute Gasteiger partial charge is 0.404 e. The number of carbonyl (C=O) groups excluding carboxylic acids is 1. The van der Waals surface area contributed by atoms with Crippen LogP contribution in [0.15, 0.2) is 46.8 Å². The second-order valence-corrected chi connectivity index (χ2v) is 9.88. The third-order valence-corrected chi connectivity index (χ3v) is 7.10. The number of aromatic nitrogens is 2. The molecule has 2 heterocycles. The average Bonchev–Trinajstić information content (AvgIpc) is 3.23. The maximum Gasteiger partial charge on any atom is 0.573 e. The van der Waals surface area contributed by atoms with Crippen molar-refractivity contribution in [2.24, 2.45) is 0 Å². The molecule has 4 rings (SSSR count). The molecule has 0 bridgehead atoms. The fourth-order valence-electron chi connectivity index (χ4n) is 3.29. The van der Waals surface area contributed by atoms with Crippen molar-refractivity contribution in [2.45, 2.75) is 24.2 Å². The van der Waals surface area contributed by atoms with E-state index in [0.717, 1.165) is 17.4 Å². The Hall–Kier alpha value is -2.90. The summed E-state index contributed by atoms with van der Waals surface area (Å²) in [5.41, 5.74) is 2.83. The number of halogens is 4. The molecule has 1 aromatic heterocycles. The minimum atomic E-state index is -4.86. The van der Waals surface area contributed by atoms with Gasteiger partial charge in [0, 0.05) is 18.7 Å². The van der Waals surface area contributed by atoms with E-state index in [9.17, 15) is 26.4 Å². The molecule has 0 aliphatic carbocycles. The van der Waals surface area contributed by atoms with E-state index < -0.39 is 22.1 Å². The van der Waals surface area contributed by atoms with E-state index in [1.807, 2.05) is 0 Å². The Bertz CT molecular complexity index is 1300. The van der Waals surface area contributed by atoms with Crippen molar-refractivity contribution < 1.29 is 31.1 Å². The van der Waals surface area contributed by atoms with E-state index in [4.69, 9.17) is 11.6 Å². The van der Waals surface area contributed by atoms with Gasteiger partial charge in [0.1, 0.15) is 11.3 Å². The zero-order valence-electron chi connectivity index (χ0n) is 16.5. The average molecular weight is 519 g/mol. The number of carbonyl (C=O) groups is 1. The Labute approximate surface area is 195 Å². The van der Waals surface area contributed by atoms with Crippen molar-refractivity contribution >= 4 is 44.0 Å². The van der Waals surface area contributed by atoms with Crippen LogP contribution in [0.2, 0.25) is 5.02 Å². The second kappa shape index (κ2) is 8.80. The van der Waals surface area contributed by atoms with Crippen LogP contribution in [0.4, 0.5) is 18.3 Å². The first-order valence-corrected chi connectivity index (χ1v) is 12.0. The zero-order chi connectivity index (χ0) is 23.8. The van der Waals surface area contributed by atoms with E-state index in [0.29, 0.717) is 23.1 Å². The van der Waals surface area contributed by atoms with Crippen LogP contribution in [0.3, 0.4) is 0 Å². The highest BCUT2D eigenvalue weighted by atomic mass is 35.5. The number of hydrogen-bond acceptors (Lipinski definition) is 7. The van der Waals surface area contributed by atoms with Gasteiger partial charge in [-0.15, -0.1) is 23.4 Å². The third-order valence-electron chi connectivity index (χ3n) is 4.73.